The van der Waals surface area contributed by atoms with E-state index in [9.17, 15) is 4.79 Å². The molecule has 5 rings (SSSR count). The van der Waals surface area contributed by atoms with Gasteiger partial charge < -0.3 is 14.8 Å². The number of methoxy groups -OCH3 is 1. The SMILES string of the molecule is COc1ccc([C@H]2CNC(=O)C(Cc3cccc(OCc4ccccc4)c3)C2)cc1-c1ccccc1. The second kappa shape index (κ2) is 11.1. The van der Waals surface area contributed by atoms with E-state index in [-0.39, 0.29) is 17.7 Å². The predicted octanol–water partition coefficient (Wildman–Crippen LogP) is 6.40. The summed E-state index contributed by atoms with van der Waals surface area (Å²) in [7, 11) is 1.70. The number of ether oxygens (including phenoxy) is 2. The molecule has 0 bridgehead atoms. The van der Waals surface area contributed by atoms with Crippen molar-refractivity contribution in [2.45, 2.75) is 25.4 Å². The highest BCUT2D eigenvalue weighted by atomic mass is 16.5. The van der Waals surface area contributed by atoms with Gasteiger partial charge in [0, 0.05) is 23.9 Å². The van der Waals surface area contributed by atoms with Crippen LogP contribution in [-0.2, 0) is 17.8 Å². The van der Waals surface area contributed by atoms with Crippen LogP contribution in [0.4, 0.5) is 0 Å². The Morgan fingerprint density at radius 1 is 0.833 bits per heavy atom. The van der Waals surface area contributed by atoms with Crippen molar-refractivity contribution < 1.29 is 14.3 Å². The van der Waals surface area contributed by atoms with E-state index in [1.165, 1.54) is 5.56 Å². The summed E-state index contributed by atoms with van der Waals surface area (Å²) in [5.74, 6) is 1.97. The van der Waals surface area contributed by atoms with E-state index in [1.807, 2.05) is 54.6 Å². The van der Waals surface area contributed by atoms with E-state index in [0.717, 1.165) is 40.2 Å². The molecule has 4 heteroatoms. The Morgan fingerprint density at radius 2 is 1.58 bits per heavy atom. The molecule has 1 amide bonds. The number of carbonyl (C=O) groups excluding carboxylic acids is 1. The van der Waals surface area contributed by atoms with Gasteiger partial charge in [-0.15, -0.1) is 0 Å². The van der Waals surface area contributed by atoms with Crippen LogP contribution in [0.25, 0.3) is 11.1 Å². The van der Waals surface area contributed by atoms with Crippen molar-refractivity contribution in [1.29, 1.82) is 0 Å². The average molecular weight is 478 g/mol. The second-order valence-corrected chi connectivity index (χ2v) is 9.33. The number of amides is 1. The monoisotopic (exact) mass is 477 g/mol. The van der Waals surface area contributed by atoms with E-state index in [4.69, 9.17) is 9.47 Å². The van der Waals surface area contributed by atoms with Gasteiger partial charge >= 0.3 is 0 Å². The normalized spacial score (nSPS) is 17.3. The molecule has 1 saturated heterocycles. The molecule has 182 valence electrons. The lowest BCUT2D eigenvalue weighted by Gasteiger charge is -2.30. The zero-order chi connectivity index (χ0) is 24.7. The van der Waals surface area contributed by atoms with Crippen LogP contribution in [0.5, 0.6) is 11.5 Å². The molecule has 1 heterocycles. The summed E-state index contributed by atoms with van der Waals surface area (Å²) in [5.41, 5.74) is 5.67. The van der Waals surface area contributed by atoms with Gasteiger partial charge in [0.25, 0.3) is 0 Å². The Hall–Kier alpha value is -4.05. The van der Waals surface area contributed by atoms with Crippen molar-refractivity contribution in [3.05, 3.63) is 120 Å². The van der Waals surface area contributed by atoms with Crippen LogP contribution in [-0.4, -0.2) is 19.6 Å². The number of carbonyl (C=O) groups is 1. The zero-order valence-electron chi connectivity index (χ0n) is 20.5. The van der Waals surface area contributed by atoms with Crippen LogP contribution >= 0.6 is 0 Å². The van der Waals surface area contributed by atoms with Crippen LogP contribution in [0.1, 0.15) is 29.0 Å². The van der Waals surface area contributed by atoms with Crippen LogP contribution < -0.4 is 14.8 Å². The lowest BCUT2D eigenvalue weighted by molar-refractivity contribution is -0.126. The quantitative estimate of drug-likeness (QED) is 0.319. The fraction of sp³-hybridized carbons (Fsp3) is 0.219. The summed E-state index contributed by atoms with van der Waals surface area (Å²) in [4.78, 5) is 12.8. The predicted molar refractivity (Wildman–Crippen MR) is 143 cm³/mol. The average Bonchev–Trinajstić information content (AvgIpc) is 2.94. The molecule has 2 atom stereocenters. The molecule has 4 aromatic rings. The van der Waals surface area contributed by atoms with Gasteiger partial charge in [0.1, 0.15) is 18.1 Å². The number of hydrogen-bond donors (Lipinski definition) is 1. The highest BCUT2D eigenvalue weighted by molar-refractivity contribution is 5.80. The standard InChI is InChI=1S/C32H31NO3/c1-35-31-16-15-26(20-30(31)25-12-6-3-7-13-25)28-19-27(32(34)33-21-28)17-24-11-8-14-29(18-24)36-22-23-9-4-2-5-10-23/h2-16,18,20,27-28H,17,19,21-22H2,1H3,(H,33,34)/t27?,28-/m1/s1. The Balaban J connectivity index is 1.29. The second-order valence-electron chi connectivity index (χ2n) is 9.33. The molecule has 0 aromatic heterocycles. The molecule has 4 aromatic carbocycles. The molecular weight excluding hydrogens is 446 g/mol. The van der Waals surface area contributed by atoms with Gasteiger partial charge in [0.05, 0.1) is 7.11 Å². The minimum absolute atomic E-state index is 0.0876. The van der Waals surface area contributed by atoms with Gasteiger partial charge in [-0.05, 0) is 59.4 Å². The Morgan fingerprint density at radius 3 is 2.36 bits per heavy atom. The largest absolute Gasteiger partial charge is 0.496 e. The maximum absolute atomic E-state index is 12.8. The number of rotatable bonds is 8. The summed E-state index contributed by atoms with van der Waals surface area (Å²) < 4.78 is 11.6. The summed E-state index contributed by atoms with van der Waals surface area (Å²) in [6, 6.07) is 34.9. The van der Waals surface area contributed by atoms with E-state index < -0.39 is 0 Å². The third-order valence-electron chi connectivity index (χ3n) is 6.87. The molecule has 1 aliphatic rings. The molecule has 0 spiro atoms. The highest BCUT2D eigenvalue weighted by Gasteiger charge is 2.30. The Bertz CT molecular complexity index is 1300. The van der Waals surface area contributed by atoms with E-state index in [2.05, 4.69) is 53.8 Å². The van der Waals surface area contributed by atoms with E-state index in [0.29, 0.717) is 19.6 Å². The van der Waals surface area contributed by atoms with Crippen molar-refractivity contribution in [2.24, 2.45) is 5.92 Å². The molecular formula is C32H31NO3. The minimum atomic E-state index is -0.0876. The van der Waals surface area contributed by atoms with Crippen molar-refractivity contribution in [3.63, 3.8) is 0 Å². The summed E-state index contributed by atoms with van der Waals surface area (Å²) in [6.07, 6.45) is 1.49. The van der Waals surface area contributed by atoms with Crippen molar-refractivity contribution in [1.82, 2.24) is 5.32 Å². The topological polar surface area (TPSA) is 47.6 Å². The summed E-state index contributed by atoms with van der Waals surface area (Å²) in [6.45, 7) is 1.17. The number of benzene rings is 4. The first-order valence-electron chi connectivity index (χ1n) is 12.5. The molecule has 1 aliphatic heterocycles. The maximum Gasteiger partial charge on any atom is 0.223 e. The van der Waals surface area contributed by atoms with Crippen LogP contribution in [0.3, 0.4) is 0 Å². The van der Waals surface area contributed by atoms with Crippen LogP contribution in [0, 0.1) is 5.92 Å². The molecule has 1 unspecified atom stereocenters. The van der Waals surface area contributed by atoms with Gasteiger partial charge in [-0.25, -0.2) is 0 Å². The first kappa shape index (κ1) is 23.7. The molecule has 0 radical (unpaired) electrons. The molecule has 1 N–H and O–H groups in total. The molecule has 0 aliphatic carbocycles. The molecule has 0 saturated carbocycles. The Kier molecular flexibility index (Phi) is 7.32. The minimum Gasteiger partial charge on any atom is -0.496 e. The number of hydrogen-bond acceptors (Lipinski definition) is 3. The lowest BCUT2D eigenvalue weighted by Crippen LogP contribution is -2.41. The Labute approximate surface area is 212 Å². The van der Waals surface area contributed by atoms with Crippen molar-refractivity contribution in [3.8, 4) is 22.6 Å². The fourth-order valence-corrected chi connectivity index (χ4v) is 4.94. The smallest absolute Gasteiger partial charge is 0.223 e. The fourth-order valence-electron chi connectivity index (χ4n) is 4.94. The number of piperidine rings is 1. The van der Waals surface area contributed by atoms with Gasteiger partial charge in [-0.3, -0.25) is 4.79 Å². The lowest BCUT2D eigenvalue weighted by atomic mass is 9.81. The molecule has 1 fully saturated rings. The van der Waals surface area contributed by atoms with E-state index in [1.54, 1.807) is 7.11 Å². The molecule has 4 nitrogen and oxygen atoms in total. The maximum atomic E-state index is 12.8. The molecule has 36 heavy (non-hydrogen) atoms. The zero-order valence-corrected chi connectivity index (χ0v) is 20.5. The van der Waals surface area contributed by atoms with Crippen LogP contribution in [0.15, 0.2) is 103 Å². The first-order valence-corrected chi connectivity index (χ1v) is 12.5. The van der Waals surface area contributed by atoms with E-state index >= 15 is 0 Å². The highest BCUT2D eigenvalue weighted by Crippen LogP contribution is 2.36. The summed E-state index contributed by atoms with van der Waals surface area (Å²) >= 11 is 0. The van der Waals surface area contributed by atoms with Crippen molar-refractivity contribution >= 4 is 5.91 Å². The van der Waals surface area contributed by atoms with Gasteiger partial charge in [-0.1, -0.05) is 78.9 Å². The summed E-state index contributed by atoms with van der Waals surface area (Å²) in [5, 5.41) is 3.15. The third kappa shape index (κ3) is 5.60. The van der Waals surface area contributed by atoms with Gasteiger partial charge in [0.2, 0.25) is 5.91 Å². The third-order valence-corrected chi connectivity index (χ3v) is 6.87. The van der Waals surface area contributed by atoms with Crippen molar-refractivity contribution in [2.75, 3.05) is 13.7 Å². The van der Waals surface area contributed by atoms with Gasteiger partial charge in [-0.2, -0.15) is 0 Å². The van der Waals surface area contributed by atoms with Gasteiger partial charge in [0.15, 0.2) is 0 Å². The number of nitrogens with one attached hydrogen (secondary N) is 1. The first-order chi connectivity index (χ1) is 17.7. The van der Waals surface area contributed by atoms with Crippen LogP contribution in [0.2, 0.25) is 0 Å².